The molecule has 1 aromatic heterocycles. The summed E-state index contributed by atoms with van der Waals surface area (Å²) < 4.78 is 1.67. The number of nitrogens with one attached hydrogen (secondary N) is 1. The van der Waals surface area contributed by atoms with E-state index in [2.05, 4.69) is 32.4 Å². The standard InChI is InChI=1S/C9H11BrN4O/c1-6(3-11)4-12-7-5-13-14(2)9(15)8(7)10/h5-6,12H,4H2,1-2H3/t6-/m1/s1. The third-order valence-corrected chi connectivity index (χ3v) is 2.66. The zero-order valence-corrected chi connectivity index (χ0v) is 10.1. The number of aromatic nitrogens is 2. The van der Waals surface area contributed by atoms with Gasteiger partial charge in [0.25, 0.3) is 5.56 Å². The van der Waals surface area contributed by atoms with Crippen LogP contribution in [0.15, 0.2) is 15.5 Å². The van der Waals surface area contributed by atoms with Gasteiger partial charge in [-0.15, -0.1) is 0 Å². The average Bonchev–Trinajstić information content (AvgIpc) is 2.24. The Kier molecular flexibility index (Phi) is 3.86. The van der Waals surface area contributed by atoms with Gasteiger partial charge in [-0.05, 0) is 22.9 Å². The van der Waals surface area contributed by atoms with E-state index in [1.807, 2.05) is 0 Å². The molecular formula is C9H11BrN4O. The summed E-state index contributed by atoms with van der Waals surface area (Å²) in [7, 11) is 1.58. The Hall–Kier alpha value is -1.35. The van der Waals surface area contributed by atoms with Gasteiger partial charge in [0.15, 0.2) is 0 Å². The van der Waals surface area contributed by atoms with E-state index in [1.165, 1.54) is 4.68 Å². The Labute approximate surface area is 95.8 Å². The molecular weight excluding hydrogens is 260 g/mol. The summed E-state index contributed by atoms with van der Waals surface area (Å²) in [6.07, 6.45) is 1.55. The van der Waals surface area contributed by atoms with Gasteiger partial charge in [0.05, 0.1) is 23.9 Å². The number of anilines is 1. The summed E-state index contributed by atoms with van der Waals surface area (Å²) in [5.74, 6) is -0.110. The van der Waals surface area contributed by atoms with Crippen LogP contribution in [0.3, 0.4) is 0 Å². The molecule has 1 heterocycles. The van der Waals surface area contributed by atoms with Crippen LogP contribution in [0.1, 0.15) is 6.92 Å². The highest BCUT2D eigenvalue weighted by atomic mass is 79.9. The number of hydrogen-bond donors (Lipinski definition) is 1. The number of halogens is 1. The fourth-order valence-electron chi connectivity index (χ4n) is 0.943. The third-order valence-electron chi connectivity index (χ3n) is 1.90. The van der Waals surface area contributed by atoms with Crippen LogP contribution in [-0.2, 0) is 7.05 Å². The Balaban J connectivity index is 2.85. The SMILES string of the molecule is C[C@H](C#N)CNc1cnn(C)c(=O)c1Br. The lowest BCUT2D eigenvalue weighted by molar-refractivity contribution is 0.701. The first kappa shape index (κ1) is 11.7. The summed E-state index contributed by atoms with van der Waals surface area (Å²) in [4.78, 5) is 11.5. The minimum absolute atomic E-state index is 0.110. The normalized spacial score (nSPS) is 11.9. The largest absolute Gasteiger partial charge is 0.381 e. The first-order valence-electron chi connectivity index (χ1n) is 4.41. The van der Waals surface area contributed by atoms with Crippen molar-refractivity contribution in [2.45, 2.75) is 6.92 Å². The van der Waals surface area contributed by atoms with Gasteiger partial charge in [-0.25, -0.2) is 4.68 Å². The molecule has 5 nitrogen and oxygen atoms in total. The highest BCUT2D eigenvalue weighted by Crippen LogP contribution is 2.15. The second kappa shape index (κ2) is 4.94. The Bertz CT molecular complexity index is 448. The second-order valence-corrected chi connectivity index (χ2v) is 4.01. The zero-order chi connectivity index (χ0) is 11.4. The number of nitriles is 1. The average molecular weight is 271 g/mol. The molecule has 0 saturated heterocycles. The minimum Gasteiger partial charge on any atom is -0.381 e. The van der Waals surface area contributed by atoms with E-state index in [1.54, 1.807) is 20.2 Å². The number of rotatable bonds is 3. The number of nitrogens with zero attached hydrogens (tertiary/aromatic N) is 3. The molecule has 1 atom stereocenters. The summed E-state index contributed by atoms with van der Waals surface area (Å²) in [6.45, 7) is 2.29. The fraction of sp³-hybridized carbons (Fsp3) is 0.444. The van der Waals surface area contributed by atoms with Crippen LogP contribution in [0.2, 0.25) is 0 Å². The van der Waals surface area contributed by atoms with Crippen LogP contribution in [0, 0.1) is 17.2 Å². The maximum Gasteiger partial charge on any atom is 0.282 e. The van der Waals surface area contributed by atoms with Crippen LogP contribution >= 0.6 is 15.9 Å². The van der Waals surface area contributed by atoms with Gasteiger partial charge in [-0.1, -0.05) is 0 Å². The molecule has 0 aromatic carbocycles. The smallest absolute Gasteiger partial charge is 0.282 e. The maximum absolute atomic E-state index is 11.5. The predicted octanol–water partition coefficient (Wildman–Crippen LogP) is 1.11. The van der Waals surface area contributed by atoms with Gasteiger partial charge in [0, 0.05) is 13.6 Å². The van der Waals surface area contributed by atoms with Crippen molar-refractivity contribution >= 4 is 21.6 Å². The van der Waals surface area contributed by atoms with Gasteiger partial charge in [0.2, 0.25) is 0 Å². The molecule has 0 bridgehead atoms. The molecule has 0 unspecified atom stereocenters. The Morgan fingerprint density at radius 1 is 1.80 bits per heavy atom. The molecule has 0 amide bonds. The quantitative estimate of drug-likeness (QED) is 0.894. The summed E-state index contributed by atoms with van der Waals surface area (Å²) in [5.41, 5.74) is 0.407. The monoisotopic (exact) mass is 270 g/mol. The van der Waals surface area contributed by atoms with Crippen molar-refractivity contribution in [3.63, 3.8) is 0 Å². The van der Waals surface area contributed by atoms with E-state index in [4.69, 9.17) is 5.26 Å². The van der Waals surface area contributed by atoms with E-state index in [-0.39, 0.29) is 11.5 Å². The van der Waals surface area contributed by atoms with Gasteiger partial charge < -0.3 is 5.32 Å². The lowest BCUT2D eigenvalue weighted by atomic mass is 10.2. The fourth-order valence-corrected chi connectivity index (χ4v) is 1.44. The van der Waals surface area contributed by atoms with Crippen molar-refractivity contribution in [1.29, 1.82) is 5.26 Å². The third kappa shape index (κ3) is 2.80. The van der Waals surface area contributed by atoms with Crippen LogP contribution in [0.25, 0.3) is 0 Å². The molecule has 15 heavy (non-hydrogen) atoms. The Morgan fingerprint density at radius 3 is 3.07 bits per heavy atom. The van der Waals surface area contributed by atoms with E-state index in [0.717, 1.165) is 0 Å². The Morgan fingerprint density at radius 2 is 2.47 bits per heavy atom. The van der Waals surface area contributed by atoms with Crippen molar-refractivity contribution in [3.05, 3.63) is 21.0 Å². The molecule has 80 valence electrons. The number of hydrogen-bond acceptors (Lipinski definition) is 4. The molecule has 0 radical (unpaired) electrons. The van der Waals surface area contributed by atoms with Crippen LogP contribution in [0.4, 0.5) is 5.69 Å². The summed E-state index contributed by atoms with van der Waals surface area (Å²) >= 11 is 3.18. The van der Waals surface area contributed by atoms with Crippen molar-refractivity contribution in [3.8, 4) is 6.07 Å². The zero-order valence-electron chi connectivity index (χ0n) is 8.49. The van der Waals surface area contributed by atoms with E-state index >= 15 is 0 Å². The summed E-state index contributed by atoms with van der Waals surface area (Å²) in [6, 6.07) is 2.10. The van der Waals surface area contributed by atoms with Crippen molar-refractivity contribution in [2.24, 2.45) is 13.0 Å². The van der Waals surface area contributed by atoms with Crippen LogP contribution in [0.5, 0.6) is 0 Å². The molecule has 1 N–H and O–H groups in total. The lowest BCUT2D eigenvalue weighted by Crippen LogP contribution is -2.22. The van der Waals surface area contributed by atoms with Gasteiger partial charge in [-0.2, -0.15) is 10.4 Å². The van der Waals surface area contributed by atoms with E-state index < -0.39 is 0 Å². The second-order valence-electron chi connectivity index (χ2n) is 3.21. The van der Waals surface area contributed by atoms with Crippen molar-refractivity contribution in [1.82, 2.24) is 9.78 Å². The minimum atomic E-state index is -0.204. The van der Waals surface area contributed by atoms with Gasteiger partial charge in [-0.3, -0.25) is 4.79 Å². The molecule has 0 fully saturated rings. The molecule has 0 aliphatic heterocycles. The molecule has 0 saturated carbocycles. The van der Waals surface area contributed by atoms with Crippen LogP contribution in [-0.4, -0.2) is 16.3 Å². The van der Waals surface area contributed by atoms with E-state index in [9.17, 15) is 4.79 Å². The highest BCUT2D eigenvalue weighted by molar-refractivity contribution is 9.10. The lowest BCUT2D eigenvalue weighted by Gasteiger charge is -2.09. The molecule has 0 aliphatic rings. The molecule has 0 aliphatic carbocycles. The molecule has 1 rings (SSSR count). The molecule has 1 aromatic rings. The van der Waals surface area contributed by atoms with Gasteiger partial charge in [0.1, 0.15) is 4.47 Å². The first-order valence-corrected chi connectivity index (χ1v) is 5.21. The number of aryl methyl sites for hydroxylation is 1. The molecule has 0 spiro atoms. The van der Waals surface area contributed by atoms with Crippen molar-refractivity contribution in [2.75, 3.05) is 11.9 Å². The van der Waals surface area contributed by atoms with Crippen molar-refractivity contribution < 1.29 is 0 Å². The van der Waals surface area contributed by atoms with E-state index in [0.29, 0.717) is 16.7 Å². The maximum atomic E-state index is 11.5. The van der Waals surface area contributed by atoms with Gasteiger partial charge >= 0.3 is 0 Å². The highest BCUT2D eigenvalue weighted by Gasteiger charge is 2.07. The van der Waals surface area contributed by atoms with Crippen LogP contribution < -0.4 is 10.9 Å². The first-order chi connectivity index (χ1) is 7.06. The predicted molar refractivity (Wildman–Crippen MR) is 60.4 cm³/mol. The topological polar surface area (TPSA) is 70.7 Å². The summed E-state index contributed by atoms with van der Waals surface area (Å²) in [5, 5.41) is 15.5. The molecule has 6 heteroatoms.